The average molecular weight is 276 g/mol. The molecule has 0 aromatic heterocycles. The van der Waals surface area contributed by atoms with E-state index in [0.717, 1.165) is 0 Å². The van der Waals surface area contributed by atoms with E-state index in [1.807, 2.05) is 0 Å². The van der Waals surface area contributed by atoms with Gasteiger partial charge in [-0.3, -0.25) is 9.59 Å². The molecule has 6 nitrogen and oxygen atoms in total. The molecule has 18 heavy (non-hydrogen) atoms. The third-order valence-electron chi connectivity index (χ3n) is 2.67. The summed E-state index contributed by atoms with van der Waals surface area (Å²) in [5.41, 5.74) is -0.991. The number of nitrogens with one attached hydrogen (secondary N) is 1. The lowest BCUT2D eigenvalue weighted by atomic mass is 10.0. The molecule has 104 valence electrons. The van der Waals surface area contributed by atoms with Crippen molar-refractivity contribution in [3.05, 3.63) is 0 Å². The van der Waals surface area contributed by atoms with Gasteiger partial charge in [0.15, 0.2) is 0 Å². The van der Waals surface area contributed by atoms with Crippen LogP contribution in [-0.4, -0.2) is 65.9 Å². The number of methoxy groups -OCH3 is 1. The van der Waals surface area contributed by atoms with Crippen LogP contribution in [0.5, 0.6) is 0 Å². The Balaban J connectivity index is 2.25. The minimum absolute atomic E-state index is 0.0127. The molecule has 1 heterocycles. The van der Waals surface area contributed by atoms with Crippen LogP contribution >= 0.6 is 11.8 Å². The Labute approximate surface area is 111 Å². The van der Waals surface area contributed by atoms with Gasteiger partial charge in [-0.2, -0.15) is 0 Å². The van der Waals surface area contributed by atoms with Gasteiger partial charge in [0.25, 0.3) is 0 Å². The number of hydrogen-bond donors (Lipinski definition) is 2. The fraction of sp³-hybridized carbons (Fsp3) is 0.818. The normalized spacial score (nSPS) is 18.8. The molecule has 1 fully saturated rings. The van der Waals surface area contributed by atoms with Gasteiger partial charge >= 0.3 is 0 Å². The number of carbonyl (C=O) groups excluding carboxylic acids is 2. The summed E-state index contributed by atoms with van der Waals surface area (Å²) in [6.07, 6.45) is 0.447. The van der Waals surface area contributed by atoms with Crippen molar-refractivity contribution in [3.8, 4) is 0 Å². The highest BCUT2D eigenvalue weighted by atomic mass is 32.2. The predicted octanol–water partition coefficient (Wildman–Crippen LogP) is -0.577. The quantitative estimate of drug-likeness (QED) is 0.650. The van der Waals surface area contributed by atoms with Crippen LogP contribution in [0.25, 0.3) is 0 Å². The molecule has 2 amide bonds. The van der Waals surface area contributed by atoms with Crippen molar-refractivity contribution < 1.29 is 19.4 Å². The number of ether oxygens (including phenoxy) is 1. The van der Waals surface area contributed by atoms with Crippen molar-refractivity contribution in [2.24, 2.45) is 0 Å². The van der Waals surface area contributed by atoms with Crippen molar-refractivity contribution >= 4 is 23.6 Å². The van der Waals surface area contributed by atoms with Gasteiger partial charge in [0.1, 0.15) is 6.54 Å². The zero-order valence-corrected chi connectivity index (χ0v) is 11.6. The topological polar surface area (TPSA) is 78.9 Å². The molecule has 1 atom stereocenters. The summed E-state index contributed by atoms with van der Waals surface area (Å²) in [5, 5.41) is 12.6. The maximum atomic E-state index is 11.6. The van der Waals surface area contributed by atoms with Crippen molar-refractivity contribution in [2.45, 2.75) is 18.9 Å². The van der Waals surface area contributed by atoms with E-state index in [1.54, 1.807) is 14.0 Å². The van der Waals surface area contributed by atoms with E-state index in [2.05, 4.69) is 5.32 Å². The van der Waals surface area contributed by atoms with Crippen molar-refractivity contribution in [1.82, 2.24) is 10.2 Å². The lowest BCUT2D eigenvalue weighted by Crippen LogP contribution is -2.45. The second-order valence-electron chi connectivity index (χ2n) is 4.59. The van der Waals surface area contributed by atoms with Crippen LogP contribution in [0.3, 0.4) is 0 Å². The molecule has 2 N–H and O–H groups in total. The van der Waals surface area contributed by atoms with Gasteiger partial charge < -0.3 is 20.1 Å². The highest BCUT2D eigenvalue weighted by Crippen LogP contribution is 2.14. The van der Waals surface area contributed by atoms with E-state index >= 15 is 0 Å². The Morgan fingerprint density at radius 3 is 2.94 bits per heavy atom. The highest BCUT2D eigenvalue weighted by molar-refractivity contribution is 8.00. The Kier molecular flexibility index (Phi) is 5.90. The van der Waals surface area contributed by atoms with Gasteiger partial charge in [0.05, 0.1) is 17.2 Å². The van der Waals surface area contributed by atoms with E-state index in [1.165, 1.54) is 16.7 Å². The maximum Gasteiger partial charge on any atom is 0.239 e. The van der Waals surface area contributed by atoms with Gasteiger partial charge in [0, 0.05) is 26.7 Å². The number of thioether (sulfide) groups is 1. The molecule has 0 aliphatic carbocycles. The number of carbonyl (C=O) groups is 2. The second kappa shape index (κ2) is 6.96. The molecular formula is C11H20N2O4S. The van der Waals surface area contributed by atoms with E-state index in [-0.39, 0.29) is 24.9 Å². The molecule has 1 unspecified atom stereocenters. The number of hydrogen-bond acceptors (Lipinski definition) is 5. The van der Waals surface area contributed by atoms with Crippen molar-refractivity contribution in [3.63, 3.8) is 0 Å². The molecule has 1 aliphatic rings. The summed E-state index contributed by atoms with van der Waals surface area (Å²) in [6, 6.07) is 0. The fourth-order valence-electron chi connectivity index (χ4n) is 1.47. The molecule has 7 heteroatoms. The predicted molar refractivity (Wildman–Crippen MR) is 69.2 cm³/mol. The minimum Gasteiger partial charge on any atom is -0.388 e. The van der Waals surface area contributed by atoms with Crippen LogP contribution in [-0.2, 0) is 14.3 Å². The number of rotatable bonds is 7. The Bertz CT molecular complexity index is 309. The van der Waals surface area contributed by atoms with Gasteiger partial charge in [-0.15, -0.1) is 11.8 Å². The monoisotopic (exact) mass is 276 g/mol. The Morgan fingerprint density at radius 2 is 2.39 bits per heavy atom. The Morgan fingerprint density at radius 1 is 1.67 bits per heavy atom. The summed E-state index contributed by atoms with van der Waals surface area (Å²) < 4.78 is 4.88. The molecule has 1 aliphatic heterocycles. The van der Waals surface area contributed by atoms with Crippen molar-refractivity contribution in [2.75, 3.05) is 38.4 Å². The number of nitrogens with zero attached hydrogens (tertiary/aromatic N) is 1. The fourth-order valence-corrected chi connectivity index (χ4v) is 2.37. The number of amides is 2. The van der Waals surface area contributed by atoms with Gasteiger partial charge in [-0.1, -0.05) is 0 Å². The van der Waals surface area contributed by atoms with Crippen LogP contribution in [0.15, 0.2) is 0 Å². The summed E-state index contributed by atoms with van der Waals surface area (Å²) in [7, 11) is 1.56. The van der Waals surface area contributed by atoms with E-state index in [0.29, 0.717) is 24.7 Å². The first-order chi connectivity index (χ1) is 8.44. The first-order valence-corrected chi connectivity index (χ1v) is 6.93. The van der Waals surface area contributed by atoms with E-state index in [4.69, 9.17) is 4.74 Å². The first-order valence-electron chi connectivity index (χ1n) is 5.78. The summed E-state index contributed by atoms with van der Waals surface area (Å²) >= 11 is 1.50. The third-order valence-corrected chi connectivity index (χ3v) is 3.62. The lowest BCUT2D eigenvalue weighted by molar-refractivity contribution is -0.132. The molecule has 0 aromatic rings. The third kappa shape index (κ3) is 5.24. The first kappa shape index (κ1) is 15.3. The van der Waals surface area contributed by atoms with Crippen LogP contribution in [0.2, 0.25) is 0 Å². The molecule has 0 radical (unpaired) electrons. The molecule has 1 rings (SSSR count). The lowest BCUT2D eigenvalue weighted by Gasteiger charge is -2.24. The maximum absolute atomic E-state index is 11.6. The summed E-state index contributed by atoms with van der Waals surface area (Å²) in [5.74, 6) is 0.746. The van der Waals surface area contributed by atoms with Crippen molar-refractivity contribution in [1.29, 1.82) is 0 Å². The molecule has 0 spiro atoms. The number of aliphatic hydroxyl groups is 1. The zero-order chi connectivity index (χ0) is 13.6. The highest BCUT2D eigenvalue weighted by Gasteiger charge is 2.25. The smallest absolute Gasteiger partial charge is 0.239 e. The zero-order valence-electron chi connectivity index (χ0n) is 10.8. The molecule has 1 saturated heterocycles. The standard InChI is InChI=1S/C11H20N2O4S/c1-11(16,3-4-17-2)7-12-9(14)5-13-8-18-6-10(13)15/h16H,3-8H2,1-2H3,(H,12,14). The minimum atomic E-state index is -0.991. The summed E-state index contributed by atoms with van der Waals surface area (Å²) in [4.78, 5) is 24.4. The van der Waals surface area contributed by atoms with Gasteiger partial charge in [-0.25, -0.2) is 0 Å². The largest absolute Gasteiger partial charge is 0.388 e. The summed E-state index contributed by atoms with van der Waals surface area (Å²) in [6.45, 7) is 2.30. The van der Waals surface area contributed by atoms with Crippen LogP contribution < -0.4 is 5.32 Å². The van der Waals surface area contributed by atoms with E-state index in [9.17, 15) is 14.7 Å². The van der Waals surface area contributed by atoms with Crippen LogP contribution in [0, 0.1) is 0 Å². The second-order valence-corrected chi connectivity index (χ2v) is 5.54. The molecule has 0 aromatic carbocycles. The average Bonchev–Trinajstić information content (AvgIpc) is 2.70. The molecule has 0 bridgehead atoms. The Hall–Kier alpha value is -0.790. The van der Waals surface area contributed by atoms with Crippen LogP contribution in [0.4, 0.5) is 0 Å². The van der Waals surface area contributed by atoms with E-state index < -0.39 is 5.60 Å². The molecule has 0 saturated carbocycles. The SMILES string of the molecule is COCCC(C)(O)CNC(=O)CN1CSCC1=O. The van der Waals surface area contributed by atoms with Crippen LogP contribution in [0.1, 0.15) is 13.3 Å². The molecular weight excluding hydrogens is 256 g/mol. The van der Waals surface area contributed by atoms with Gasteiger partial charge in [0.2, 0.25) is 11.8 Å². The van der Waals surface area contributed by atoms with Gasteiger partial charge in [-0.05, 0) is 6.92 Å².